The summed E-state index contributed by atoms with van der Waals surface area (Å²) in [7, 11) is 1.72. The SMILES string of the molecule is CCC(CC)N(CCCl)CCOCCCOC. The molecular weight excluding hydrogens is 238 g/mol. The highest BCUT2D eigenvalue weighted by molar-refractivity contribution is 6.18. The number of hydrogen-bond acceptors (Lipinski definition) is 3. The molecule has 0 rings (SSSR count). The normalized spacial score (nSPS) is 11.6. The van der Waals surface area contributed by atoms with Crippen molar-refractivity contribution in [2.24, 2.45) is 0 Å². The molecule has 0 aliphatic heterocycles. The first-order valence-corrected chi connectivity index (χ1v) is 7.20. The van der Waals surface area contributed by atoms with Crippen molar-refractivity contribution in [3.63, 3.8) is 0 Å². The van der Waals surface area contributed by atoms with Crippen molar-refractivity contribution < 1.29 is 9.47 Å². The minimum Gasteiger partial charge on any atom is -0.385 e. The molecule has 0 aliphatic carbocycles. The fourth-order valence-electron chi connectivity index (χ4n) is 1.98. The molecule has 0 amide bonds. The summed E-state index contributed by atoms with van der Waals surface area (Å²) in [5, 5.41) is 0. The van der Waals surface area contributed by atoms with E-state index in [9.17, 15) is 0 Å². The standard InChI is InChI=1S/C13H28ClNO2/c1-4-13(5-2)15(8-7-14)9-12-17-11-6-10-16-3/h13H,4-12H2,1-3H3. The first kappa shape index (κ1) is 17.2. The lowest BCUT2D eigenvalue weighted by Gasteiger charge is -2.29. The van der Waals surface area contributed by atoms with E-state index in [4.69, 9.17) is 21.1 Å². The zero-order valence-corrected chi connectivity index (χ0v) is 12.3. The van der Waals surface area contributed by atoms with Gasteiger partial charge in [0.15, 0.2) is 0 Å². The Kier molecular flexibility index (Phi) is 12.7. The third-order valence-corrected chi connectivity index (χ3v) is 3.16. The van der Waals surface area contributed by atoms with E-state index < -0.39 is 0 Å². The number of alkyl halides is 1. The Hall–Kier alpha value is 0.170. The van der Waals surface area contributed by atoms with Gasteiger partial charge in [0.05, 0.1) is 6.61 Å². The van der Waals surface area contributed by atoms with Crippen LogP contribution in [0, 0.1) is 0 Å². The van der Waals surface area contributed by atoms with Crippen LogP contribution in [0.1, 0.15) is 33.1 Å². The van der Waals surface area contributed by atoms with Crippen LogP contribution in [0.25, 0.3) is 0 Å². The Labute approximate surface area is 111 Å². The number of nitrogens with zero attached hydrogens (tertiary/aromatic N) is 1. The maximum Gasteiger partial charge on any atom is 0.0593 e. The van der Waals surface area contributed by atoms with Crippen molar-refractivity contribution in [2.75, 3.05) is 45.9 Å². The van der Waals surface area contributed by atoms with E-state index in [0.717, 1.165) is 39.3 Å². The molecule has 0 heterocycles. The summed E-state index contributed by atoms with van der Waals surface area (Å²) < 4.78 is 10.6. The molecule has 0 saturated carbocycles. The van der Waals surface area contributed by atoms with Gasteiger partial charge < -0.3 is 9.47 Å². The fraction of sp³-hybridized carbons (Fsp3) is 1.00. The quantitative estimate of drug-likeness (QED) is 0.400. The summed E-state index contributed by atoms with van der Waals surface area (Å²) in [6.07, 6.45) is 3.32. The summed E-state index contributed by atoms with van der Waals surface area (Å²) in [5.74, 6) is 0.695. The minimum atomic E-state index is 0.635. The summed E-state index contributed by atoms with van der Waals surface area (Å²) >= 11 is 5.84. The molecule has 0 aliphatic rings. The van der Waals surface area contributed by atoms with Crippen LogP contribution in [0.3, 0.4) is 0 Å². The zero-order chi connectivity index (χ0) is 12.9. The highest BCUT2D eigenvalue weighted by Crippen LogP contribution is 2.08. The molecule has 0 radical (unpaired) electrons. The van der Waals surface area contributed by atoms with Gasteiger partial charge in [-0.15, -0.1) is 11.6 Å². The van der Waals surface area contributed by atoms with Gasteiger partial charge in [-0.1, -0.05) is 13.8 Å². The average Bonchev–Trinajstić information content (AvgIpc) is 2.35. The molecule has 0 bridgehead atoms. The van der Waals surface area contributed by atoms with Crippen LogP contribution in [0.5, 0.6) is 0 Å². The van der Waals surface area contributed by atoms with Gasteiger partial charge in [-0.05, 0) is 19.3 Å². The molecule has 0 aromatic heterocycles. The second-order valence-electron chi connectivity index (χ2n) is 4.15. The second-order valence-corrected chi connectivity index (χ2v) is 4.53. The summed E-state index contributed by atoms with van der Waals surface area (Å²) in [5.41, 5.74) is 0. The summed E-state index contributed by atoms with van der Waals surface area (Å²) in [6.45, 7) is 8.74. The number of hydrogen-bond donors (Lipinski definition) is 0. The molecule has 3 nitrogen and oxygen atoms in total. The average molecular weight is 266 g/mol. The van der Waals surface area contributed by atoms with Crippen molar-refractivity contribution in [2.45, 2.75) is 39.2 Å². The van der Waals surface area contributed by atoms with Crippen LogP contribution in [0.15, 0.2) is 0 Å². The number of methoxy groups -OCH3 is 1. The van der Waals surface area contributed by atoms with Crippen molar-refractivity contribution in [3.8, 4) is 0 Å². The molecule has 17 heavy (non-hydrogen) atoms. The van der Waals surface area contributed by atoms with Gasteiger partial charge in [-0.3, -0.25) is 4.90 Å². The van der Waals surface area contributed by atoms with E-state index in [1.54, 1.807) is 7.11 Å². The summed E-state index contributed by atoms with van der Waals surface area (Å²) in [4.78, 5) is 2.43. The highest BCUT2D eigenvalue weighted by Gasteiger charge is 2.13. The van der Waals surface area contributed by atoms with Crippen LogP contribution in [0.4, 0.5) is 0 Å². The third-order valence-electron chi connectivity index (χ3n) is 2.99. The van der Waals surface area contributed by atoms with E-state index >= 15 is 0 Å². The van der Waals surface area contributed by atoms with E-state index in [-0.39, 0.29) is 0 Å². The van der Waals surface area contributed by atoms with Gasteiger partial charge in [0.2, 0.25) is 0 Å². The number of halogens is 1. The largest absolute Gasteiger partial charge is 0.385 e. The van der Waals surface area contributed by atoms with Crippen molar-refractivity contribution in [1.29, 1.82) is 0 Å². The van der Waals surface area contributed by atoms with Crippen LogP contribution < -0.4 is 0 Å². The van der Waals surface area contributed by atoms with Crippen LogP contribution in [0.2, 0.25) is 0 Å². The Balaban J connectivity index is 3.69. The van der Waals surface area contributed by atoms with Gasteiger partial charge in [0.1, 0.15) is 0 Å². The lowest BCUT2D eigenvalue weighted by molar-refractivity contribution is 0.0725. The maximum absolute atomic E-state index is 5.84. The molecule has 0 aromatic rings. The monoisotopic (exact) mass is 265 g/mol. The zero-order valence-electron chi connectivity index (χ0n) is 11.6. The van der Waals surface area contributed by atoms with Gasteiger partial charge in [0.25, 0.3) is 0 Å². The molecule has 4 heteroatoms. The molecular formula is C13H28ClNO2. The molecule has 0 N–H and O–H groups in total. The van der Waals surface area contributed by atoms with Gasteiger partial charge in [0, 0.05) is 45.3 Å². The van der Waals surface area contributed by atoms with Crippen molar-refractivity contribution >= 4 is 11.6 Å². The van der Waals surface area contributed by atoms with E-state index in [2.05, 4.69) is 18.7 Å². The Morgan fingerprint density at radius 3 is 2.29 bits per heavy atom. The summed E-state index contributed by atoms with van der Waals surface area (Å²) in [6, 6.07) is 0.635. The highest BCUT2D eigenvalue weighted by atomic mass is 35.5. The smallest absolute Gasteiger partial charge is 0.0593 e. The Morgan fingerprint density at radius 2 is 1.76 bits per heavy atom. The van der Waals surface area contributed by atoms with E-state index in [0.29, 0.717) is 11.9 Å². The first-order valence-electron chi connectivity index (χ1n) is 6.66. The molecule has 104 valence electrons. The molecule has 0 fully saturated rings. The predicted octanol–water partition coefficient (Wildman–Crippen LogP) is 2.77. The minimum absolute atomic E-state index is 0.635. The lowest BCUT2D eigenvalue weighted by atomic mass is 10.1. The molecule has 0 unspecified atom stereocenters. The van der Waals surface area contributed by atoms with Gasteiger partial charge in [-0.25, -0.2) is 0 Å². The van der Waals surface area contributed by atoms with Crippen molar-refractivity contribution in [3.05, 3.63) is 0 Å². The van der Waals surface area contributed by atoms with Crippen molar-refractivity contribution in [1.82, 2.24) is 4.90 Å². The van der Waals surface area contributed by atoms with E-state index in [1.807, 2.05) is 0 Å². The van der Waals surface area contributed by atoms with Crippen LogP contribution in [-0.2, 0) is 9.47 Å². The molecule has 0 spiro atoms. The second kappa shape index (κ2) is 12.6. The molecule has 0 aromatic carbocycles. The predicted molar refractivity (Wildman–Crippen MR) is 74.0 cm³/mol. The third kappa shape index (κ3) is 8.83. The Morgan fingerprint density at radius 1 is 1.06 bits per heavy atom. The van der Waals surface area contributed by atoms with Gasteiger partial charge >= 0.3 is 0 Å². The van der Waals surface area contributed by atoms with E-state index in [1.165, 1.54) is 12.8 Å². The molecule has 0 saturated heterocycles. The lowest BCUT2D eigenvalue weighted by Crippen LogP contribution is -2.38. The number of ether oxygens (including phenoxy) is 2. The fourth-order valence-corrected chi connectivity index (χ4v) is 2.20. The molecule has 0 atom stereocenters. The maximum atomic E-state index is 5.84. The van der Waals surface area contributed by atoms with Gasteiger partial charge in [-0.2, -0.15) is 0 Å². The van der Waals surface area contributed by atoms with Crippen LogP contribution >= 0.6 is 11.6 Å². The van der Waals surface area contributed by atoms with Crippen LogP contribution in [-0.4, -0.2) is 56.8 Å². The Bertz CT molecular complexity index is 154. The number of rotatable bonds is 12. The topological polar surface area (TPSA) is 21.7 Å². The first-order chi connectivity index (χ1) is 8.29.